The molecule has 0 atom stereocenters. The minimum Gasteiger partial charge on any atom is -0.300 e. The summed E-state index contributed by atoms with van der Waals surface area (Å²) < 4.78 is 13.0. The van der Waals surface area contributed by atoms with Gasteiger partial charge in [0, 0.05) is 12.5 Å². The van der Waals surface area contributed by atoms with Crippen molar-refractivity contribution in [1.82, 2.24) is 4.90 Å². The lowest BCUT2D eigenvalue weighted by Crippen LogP contribution is -2.35. The van der Waals surface area contributed by atoms with E-state index < -0.39 is 0 Å². The zero-order chi connectivity index (χ0) is 13.1. The van der Waals surface area contributed by atoms with Crippen LogP contribution in [0.1, 0.15) is 30.9 Å². The number of hydrogen-bond donors (Lipinski definition) is 0. The molecule has 1 aliphatic rings. The van der Waals surface area contributed by atoms with Gasteiger partial charge in [-0.2, -0.15) is 0 Å². The number of aryl methyl sites for hydroxylation is 1. The Hall–Kier alpha value is -1.22. The fraction of sp³-hybridized carbons (Fsp3) is 0.533. The number of carbonyl (C=O) groups is 1. The highest BCUT2D eigenvalue weighted by Gasteiger charge is 2.22. The Morgan fingerprint density at radius 3 is 2.61 bits per heavy atom. The van der Waals surface area contributed by atoms with Crippen LogP contribution in [-0.2, 0) is 11.3 Å². The maximum atomic E-state index is 13.0. The molecule has 1 saturated heterocycles. The average molecular weight is 249 g/mol. The molecule has 0 saturated carbocycles. The molecule has 18 heavy (non-hydrogen) atoms. The van der Waals surface area contributed by atoms with E-state index in [-0.39, 0.29) is 11.7 Å². The summed E-state index contributed by atoms with van der Waals surface area (Å²) in [6.45, 7) is 6.41. The van der Waals surface area contributed by atoms with Crippen molar-refractivity contribution in [1.29, 1.82) is 0 Å². The fourth-order valence-corrected chi connectivity index (χ4v) is 2.58. The van der Waals surface area contributed by atoms with Gasteiger partial charge in [0.15, 0.2) is 0 Å². The van der Waals surface area contributed by atoms with Crippen molar-refractivity contribution >= 4 is 5.78 Å². The van der Waals surface area contributed by atoms with Gasteiger partial charge in [-0.05, 0) is 63.0 Å². The summed E-state index contributed by atoms with van der Waals surface area (Å²) in [5.41, 5.74) is 2.18. The van der Waals surface area contributed by atoms with Crippen LogP contribution in [0.4, 0.5) is 4.39 Å². The first-order chi connectivity index (χ1) is 8.56. The minimum absolute atomic E-state index is 0.175. The molecule has 1 aromatic rings. The standard InChI is InChI=1S/C15H20FNO/c1-11-9-15(16)4-3-14(11)10-17-7-5-13(6-8-17)12(2)18/h3-4,9,13H,5-8,10H2,1-2H3. The molecule has 0 N–H and O–H groups in total. The number of piperidine rings is 1. The van der Waals surface area contributed by atoms with Gasteiger partial charge < -0.3 is 0 Å². The number of likely N-dealkylation sites (tertiary alicyclic amines) is 1. The van der Waals surface area contributed by atoms with E-state index in [1.54, 1.807) is 13.0 Å². The number of nitrogens with zero attached hydrogens (tertiary/aromatic N) is 1. The summed E-state index contributed by atoms with van der Waals surface area (Å²) in [6, 6.07) is 4.96. The molecule has 0 bridgehead atoms. The molecule has 0 amide bonds. The first-order valence-corrected chi connectivity index (χ1v) is 6.54. The van der Waals surface area contributed by atoms with Crippen molar-refractivity contribution in [3.63, 3.8) is 0 Å². The Bertz CT molecular complexity index is 436. The number of benzene rings is 1. The quantitative estimate of drug-likeness (QED) is 0.821. The first-order valence-electron chi connectivity index (χ1n) is 6.54. The molecule has 2 rings (SSSR count). The number of hydrogen-bond acceptors (Lipinski definition) is 2. The highest BCUT2D eigenvalue weighted by Crippen LogP contribution is 2.21. The lowest BCUT2D eigenvalue weighted by molar-refractivity contribution is -0.122. The zero-order valence-corrected chi connectivity index (χ0v) is 11.1. The molecule has 0 radical (unpaired) electrons. The van der Waals surface area contributed by atoms with E-state index in [1.165, 1.54) is 11.6 Å². The van der Waals surface area contributed by atoms with Crippen molar-refractivity contribution in [2.75, 3.05) is 13.1 Å². The largest absolute Gasteiger partial charge is 0.300 e. The number of halogens is 1. The third-order valence-electron chi connectivity index (χ3n) is 3.86. The molecule has 1 aliphatic heterocycles. The molecule has 1 fully saturated rings. The highest BCUT2D eigenvalue weighted by molar-refractivity contribution is 5.78. The number of Topliss-reactive ketones (excluding diaryl/α,β-unsaturated/α-hetero) is 1. The summed E-state index contributed by atoms with van der Waals surface area (Å²) in [5, 5.41) is 0. The molecule has 0 unspecified atom stereocenters. The highest BCUT2D eigenvalue weighted by atomic mass is 19.1. The van der Waals surface area contributed by atoms with Gasteiger partial charge in [0.05, 0.1) is 0 Å². The van der Waals surface area contributed by atoms with Crippen LogP contribution >= 0.6 is 0 Å². The average Bonchev–Trinajstić information content (AvgIpc) is 2.33. The molecule has 0 aromatic heterocycles. The Morgan fingerprint density at radius 2 is 2.06 bits per heavy atom. The van der Waals surface area contributed by atoms with Gasteiger partial charge in [0.25, 0.3) is 0 Å². The van der Waals surface area contributed by atoms with Crippen molar-refractivity contribution in [2.45, 2.75) is 33.2 Å². The minimum atomic E-state index is -0.175. The monoisotopic (exact) mass is 249 g/mol. The van der Waals surface area contributed by atoms with E-state index in [4.69, 9.17) is 0 Å². The van der Waals surface area contributed by atoms with Crippen LogP contribution in [0, 0.1) is 18.7 Å². The van der Waals surface area contributed by atoms with Gasteiger partial charge in [-0.25, -0.2) is 4.39 Å². The predicted molar refractivity (Wildman–Crippen MR) is 69.8 cm³/mol. The summed E-state index contributed by atoms with van der Waals surface area (Å²) in [7, 11) is 0. The Labute approximate surface area is 108 Å². The fourth-order valence-electron chi connectivity index (χ4n) is 2.58. The topological polar surface area (TPSA) is 20.3 Å². The maximum absolute atomic E-state index is 13.0. The second kappa shape index (κ2) is 5.61. The molecule has 0 spiro atoms. The van der Waals surface area contributed by atoms with Crippen LogP contribution in [0.5, 0.6) is 0 Å². The Morgan fingerprint density at radius 1 is 1.39 bits per heavy atom. The van der Waals surface area contributed by atoms with Gasteiger partial charge in [0.1, 0.15) is 11.6 Å². The lowest BCUT2D eigenvalue weighted by atomic mass is 9.93. The van der Waals surface area contributed by atoms with Gasteiger partial charge in [0.2, 0.25) is 0 Å². The normalized spacial score (nSPS) is 17.9. The van der Waals surface area contributed by atoms with Gasteiger partial charge >= 0.3 is 0 Å². The zero-order valence-electron chi connectivity index (χ0n) is 11.1. The van der Waals surface area contributed by atoms with Crippen LogP contribution in [0.3, 0.4) is 0 Å². The van der Waals surface area contributed by atoms with Crippen molar-refractivity contribution < 1.29 is 9.18 Å². The van der Waals surface area contributed by atoms with Crippen LogP contribution < -0.4 is 0 Å². The number of ketones is 1. The van der Waals surface area contributed by atoms with Crippen molar-refractivity contribution in [2.24, 2.45) is 5.92 Å². The smallest absolute Gasteiger partial charge is 0.133 e. The third-order valence-corrected chi connectivity index (χ3v) is 3.86. The van der Waals surface area contributed by atoms with Crippen LogP contribution in [0.15, 0.2) is 18.2 Å². The molecule has 3 heteroatoms. The lowest BCUT2D eigenvalue weighted by Gasteiger charge is -2.31. The SMILES string of the molecule is CC(=O)C1CCN(Cc2ccc(F)cc2C)CC1. The Balaban J connectivity index is 1.93. The molecule has 1 heterocycles. The van der Waals surface area contributed by atoms with Gasteiger partial charge in [-0.1, -0.05) is 6.07 Å². The van der Waals surface area contributed by atoms with Crippen molar-refractivity contribution in [3.8, 4) is 0 Å². The second-order valence-corrected chi connectivity index (χ2v) is 5.23. The summed E-state index contributed by atoms with van der Waals surface area (Å²) >= 11 is 0. The number of carbonyl (C=O) groups excluding carboxylic acids is 1. The van der Waals surface area contributed by atoms with Gasteiger partial charge in [-0.15, -0.1) is 0 Å². The van der Waals surface area contributed by atoms with E-state index in [0.717, 1.165) is 38.0 Å². The predicted octanol–water partition coefficient (Wildman–Crippen LogP) is 2.94. The second-order valence-electron chi connectivity index (χ2n) is 5.23. The van der Waals surface area contributed by atoms with E-state index in [1.807, 2.05) is 13.0 Å². The summed E-state index contributed by atoms with van der Waals surface area (Å²) in [6.07, 6.45) is 1.91. The third kappa shape index (κ3) is 3.16. The summed E-state index contributed by atoms with van der Waals surface area (Å²) in [4.78, 5) is 13.6. The summed E-state index contributed by atoms with van der Waals surface area (Å²) in [5.74, 6) is 0.384. The Kier molecular flexibility index (Phi) is 4.12. The first kappa shape index (κ1) is 13.2. The molecule has 98 valence electrons. The molecular formula is C15H20FNO. The van der Waals surface area contributed by atoms with E-state index in [9.17, 15) is 9.18 Å². The van der Waals surface area contributed by atoms with Crippen LogP contribution in [0.25, 0.3) is 0 Å². The van der Waals surface area contributed by atoms with Crippen LogP contribution in [-0.4, -0.2) is 23.8 Å². The van der Waals surface area contributed by atoms with Crippen molar-refractivity contribution in [3.05, 3.63) is 35.1 Å². The van der Waals surface area contributed by atoms with E-state index in [2.05, 4.69) is 4.90 Å². The molecular weight excluding hydrogens is 229 g/mol. The number of rotatable bonds is 3. The van der Waals surface area contributed by atoms with Crippen LogP contribution in [0.2, 0.25) is 0 Å². The molecule has 0 aliphatic carbocycles. The molecule has 2 nitrogen and oxygen atoms in total. The van der Waals surface area contributed by atoms with E-state index >= 15 is 0 Å². The maximum Gasteiger partial charge on any atom is 0.133 e. The van der Waals surface area contributed by atoms with E-state index in [0.29, 0.717) is 5.78 Å². The van der Waals surface area contributed by atoms with Gasteiger partial charge in [-0.3, -0.25) is 9.69 Å². The molecule has 1 aromatic carbocycles.